The number of nitrogens with zero attached hydrogens (tertiary/aromatic N) is 1. The zero-order chi connectivity index (χ0) is 8.53. The van der Waals surface area contributed by atoms with Crippen LogP contribution in [-0.4, -0.2) is 0 Å². The molecule has 0 N–H and O–H groups in total. The van der Waals surface area contributed by atoms with Gasteiger partial charge in [-0.25, -0.2) is 0 Å². The van der Waals surface area contributed by atoms with Crippen LogP contribution < -0.4 is 0 Å². The maximum atomic E-state index is 8.34. The second-order valence-electron chi connectivity index (χ2n) is 3.30. The van der Waals surface area contributed by atoms with E-state index in [1.54, 1.807) is 0 Å². The van der Waals surface area contributed by atoms with E-state index >= 15 is 0 Å². The van der Waals surface area contributed by atoms with Crippen LogP contribution in [0.25, 0.3) is 0 Å². The van der Waals surface area contributed by atoms with Crippen LogP contribution in [-0.2, 0) is 0 Å². The summed E-state index contributed by atoms with van der Waals surface area (Å²) in [5, 5.41) is 8.34. The lowest BCUT2D eigenvalue weighted by atomic mass is 9.99. The van der Waals surface area contributed by atoms with Gasteiger partial charge in [0.25, 0.3) is 0 Å². The maximum Gasteiger partial charge on any atom is 0.0621 e. The first-order valence-corrected chi connectivity index (χ1v) is 4.68. The first-order valence-electron chi connectivity index (χ1n) is 4.68. The van der Waals surface area contributed by atoms with Crippen LogP contribution in [0.1, 0.15) is 52.4 Å². The van der Waals surface area contributed by atoms with Crippen LogP contribution in [0.5, 0.6) is 0 Å². The molecule has 0 heterocycles. The van der Waals surface area contributed by atoms with Crippen molar-refractivity contribution in [3.8, 4) is 6.07 Å². The smallest absolute Gasteiger partial charge is 0.0621 e. The predicted molar refractivity (Wildman–Crippen MR) is 48.2 cm³/mol. The minimum atomic E-state index is 0.729. The highest BCUT2D eigenvalue weighted by Gasteiger charge is 1.99. The van der Waals surface area contributed by atoms with E-state index in [0.29, 0.717) is 0 Å². The third-order valence-electron chi connectivity index (χ3n) is 2.05. The van der Waals surface area contributed by atoms with E-state index in [1.165, 1.54) is 25.7 Å². The van der Waals surface area contributed by atoms with E-state index in [9.17, 15) is 0 Å². The Morgan fingerprint density at radius 1 is 1.27 bits per heavy atom. The predicted octanol–water partition coefficient (Wildman–Crippen LogP) is 3.51. The molecule has 0 aromatic rings. The van der Waals surface area contributed by atoms with Crippen LogP contribution >= 0.6 is 0 Å². The molecular formula is C10H19N. The van der Waals surface area contributed by atoms with E-state index in [2.05, 4.69) is 19.9 Å². The van der Waals surface area contributed by atoms with Gasteiger partial charge >= 0.3 is 0 Å². The minimum Gasteiger partial charge on any atom is -0.198 e. The average molecular weight is 153 g/mol. The highest BCUT2D eigenvalue weighted by Crippen LogP contribution is 2.13. The number of hydrogen-bond acceptors (Lipinski definition) is 1. The lowest BCUT2D eigenvalue weighted by Crippen LogP contribution is -1.93. The summed E-state index contributed by atoms with van der Waals surface area (Å²) in [6.07, 6.45) is 7.09. The highest BCUT2D eigenvalue weighted by atomic mass is 14.2. The second-order valence-corrected chi connectivity index (χ2v) is 3.30. The summed E-state index contributed by atoms with van der Waals surface area (Å²) >= 11 is 0. The quantitative estimate of drug-likeness (QED) is 0.536. The van der Waals surface area contributed by atoms with Gasteiger partial charge < -0.3 is 0 Å². The van der Waals surface area contributed by atoms with Gasteiger partial charge in [-0.15, -0.1) is 0 Å². The Bertz CT molecular complexity index is 113. The van der Waals surface area contributed by atoms with Crippen molar-refractivity contribution in [3.05, 3.63) is 0 Å². The standard InChI is InChI=1S/C10H19N/c1-3-4-5-7-10(2)8-6-9-11/h10H,3-8H2,1-2H3/t10-/m1/s1. The summed E-state index contributed by atoms with van der Waals surface area (Å²) in [4.78, 5) is 0. The topological polar surface area (TPSA) is 23.8 Å². The van der Waals surface area contributed by atoms with Gasteiger partial charge in [-0.1, -0.05) is 39.5 Å². The van der Waals surface area contributed by atoms with Gasteiger partial charge in [0.2, 0.25) is 0 Å². The molecule has 1 atom stereocenters. The molecule has 0 aliphatic rings. The summed E-state index contributed by atoms with van der Waals surface area (Å²) in [6.45, 7) is 4.47. The van der Waals surface area contributed by atoms with Gasteiger partial charge in [-0.2, -0.15) is 5.26 Å². The lowest BCUT2D eigenvalue weighted by Gasteiger charge is -2.07. The van der Waals surface area contributed by atoms with Crippen molar-refractivity contribution in [1.82, 2.24) is 0 Å². The Morgan fingerprint density at radius 3 is 2.55 bits per heavy atom. The van der Waals surface area contributed by atoms with Gasteiger partial charge in [0.05, 0.1) is 6.07 Å². The molecule has 0 saturated heterocycles. The van der Waals surface area contributed by atoms with Crippen LogP contribution in [0.4, 0.5) is 0 Å². The molecule has 0 aromatic heterocycles. The van der Waals surface area contributed by atoms with Crippen molar-refractivity contribution in [2.75, 3.05) is 0 Å². The molecule has 0 saturated carbocycles. The van der Waals surface area contributed by atoms with Crippen LogP contribution in [0.2, 0.25) is 0 Å². The SMILES string of the molecule is CCCCC[C@@H](C)CCC#N. The molecule has 0 aromatic carbocycles. The molecule has 0 unspecified atom stereocenters. The monoisotopic (exact) mass is 153 g/mol. The number of hydrogen-bond donors (Lipinski definition) is 0. The number of nitriles is 1. The molecule has 1 nitrogen and oxygen atoms in total. The zero-order valence-corrected chi connectivity index (χ0v) is 7.77. The van der Waals surface area contributed by atoms with Crippen molar-refractivity contribution in [2.24, 2.45) is 5.92 Å². The van der Waals surface area contributed by atoms with Crippen LogP contribution in [0.3, 0.4) is 0 Å². The van der Waals surface area contributed by atoms with Crippen LogP contribution in [0.15, 0.2) is 0 Å². The minimum absolute atomic E-state index is 0.729. The molecule has 0 spiro atoms. The van der Waals surface area contributed by atoms with Crippen molar-refractivity contribution in [1.29, 1.82) is 5.26 Å². The van der Waals surface area contributed by atoms with E-state index in [0.717, 1.165) is 18.8 Å². The lowest BCUT2D eigenvalue weighted by molar-refractivity contribution is 0.469. The molecule has 0 rings (SSSR count). The summed E-state index contributed by atoms with van der Waals surface area (Å²) in [7, 11) is 0. The molecule has 1 heteroatoms. The van der Waals surface area contributed by atoms with Gasteiger partial charge in [-0.3, -0.25) is 0 Å². The van der Waals surface area contributed by atoms with Crippen molar-refractivity contribution in [3.63, 3.8) is 0 Å². The van der Waals surface area contributed by atoms with Crippen molar-refractivity contribution < 1.29 is 0 Å². The van der Waals surface area contributed by atoms with Crippen molar-refractivity contribution >= 4 is 0 Å². The number of rotatable bonds is 6. The second kappa shape index (κ2) is 7.60. The summed E-state index contributed by atoms with van der Waals surface area (Å²) in [5.41, 5.74) is 0. The Morgan fingerprint density at radius 2 is 2.00 bits per heavy atom. The molecule has 11 heavy (non-hydrogen) atoms. The van der Waals surface area contributed by atoms with E-state index in [1.807, 2.05) is 0 Å². The number of unbranched alkanes of at least 4 members (excludes halogenated alkanes) is 2. The molecule has 0 radical (unpaired) electrons. The fraction of sp³-hybridized carbons (Fsp3) is 0.900. The molecule has 0 amide bonds. The van der Waals surface area contributed by atoms with E-state index in [-0.39, 0.29) is 0 Å². The third-order valence-corrected chi connectivity index (χ3v) is 2.05. The fourth-order valence-corrected chi connectivity index (χ4v) is 1.20. The van der Waals surface area contributed by atoms with E-state index < -0.39 is 0 Å². The summed E-state index contributed by atoms with van der Waals surface area (Å²) in [6, 6.07) is 2.19. The van der Waals surface area contributed by atoms with Gasteiger partial charge in [0.15, 0.2) is 0 Å². The average Bonchev–Trinajstić information content (AvgIpc) is 2.01. The maximum absolute atomic E-state index is 8.34. The normalized spacial score (nSPS) is 12.5. The Hall–Kier alpha value is -0.510. The fourth-order valence-electron chi connectivity index (χ4n) is 1.20. The first kappa shape index (κ1) is 10.5. The largest absolute Gasteiger partial charge is 0.198 e. The van der Waals surface area contributed by atoms with Crippen molar-refractivity contribution in [2.45, 2.75) is 52.4 Å². The zero-order valence-electron chi connectivity index (χ0n) is 7.77. The molecule has 0 aliphatic carbocycles. The Balaban J connectivity index is 3.10. The Labute approximate surface area is 70.4 Å². The molecule has 0 fully saturated rings. The highest BCUT2D eigenvalue weighted by molar-refractivity contribution is 4.70. The third kappa shape index (κ3) is 7.39. The van der Waals surface area contributed by atoms with E-state index in [4.69, 9.17) is 5.26 Å². The van der Waals surface area contributed by atoms with Gasteiger partial charge in [0, 0.05) is 6.42 Å². The van der Waals surface area contributed by atoms with Crippen LogP contribution in [0, 0.1) is 17.2 Å². The molecule has 0 aliphatic heterocycles. The summed E-state index contributed by atoms with van der Waals surface area (Å²) in [5.74, 6) is 0.751. The first-order chi connectivity index (χ1) is 5.31. The molecular weight excluding hydrogens is 134 g/mol. The molecule has 64 valence electrons. The summed E-state index contributed by atoms with van der Waals surface area (Å²) < 4.78 is 0. The van der Waals surface area contributed by atoms with Gasteiger partial charge in [0.1, 0.15) is 0 Å². The Kier molecular flexibility index (Phi) is 7.24. The van der Waals surface area contributed by atoms with Gasteiger partial charge in [-0.05, 0) is 12.3 Å². The molecule has 0 bridgehead atoms.